The molecule has 0 aromatic heterocycles. The number of ether oxygens (including phenoxy) is 1. The molecule has 4 nitrogen and oxygen atoms in total. The molecule has 2 saturated heterocycles. The maximum absolute atomic E-state index is 11.6. The number of fused-ring (bicyclic) bond motifs is 3. The molecule has 2 aliphatic heterocycles. The number of rotatable bonds is 5. The standard InChI is InChI=1S/C30H41NO3/c1-30(2,3)24-10-13-27(14-11-24)34-28-12-9-21-15-20(7-8-22(21)18-28)19-31-25-5-4-6-26(31)17-23(16-25)29(32)33/h7-9,12,15,18,23-27H,4-6,10-11,13-14,16-17,19H2,1-3H3,(H,32,33). The largest absolute Gasteiger partial charge is 0.490 e. The van der Waals surface area contributed by atoms with Gasteiger partial charge in [-0.2, -0.15) is 0 Å². The molecule has 5 rings (SSSR count). The maximum atomic E-state index is 11.6. The van der Waals surface area contributed by atoms with Gasteiger partial charge in [0, 0.05) is 18.6 Å². The van der Waals surface area contributed by atoms with Crippen molar-refractivity contribution in [1.29, 1.82) is 0 Å². The monoisotopic (exact) mass is 463 g/mol. The molecule has 2 aromatic rings. The molecule has 1 saturated carbocycles. The van der Waals surface area contributed by atoms with E-state index in [2.05, 4.69) is 62.1 Å². The van der Waals surface area contributed by atoms with E-state index in [9.17, 15) is 9.90 Å². The van der Waals surface area contributed by atoms with Crippen LogP contribution in [-0.2, 0) is 11.3 Å². The fourth-order valence-corrected chi connectivity index (χ4v) is 6.83. The minimum atomic E-state index is -0.609. The van der Waals surface area contributed by atoms with E-state index in [-0.39, 0.29) is 5.92 Å². The molecule has 0 radical (unpaired) electrons. The molecule has 0 spiro atoms. The number of hydrogen-bond acceptors (Lipinski definition) is 3. The molecule has 1 N–H and O–H groups in total. The molecule has 2 atom stereocenters. The van der Waals surface area contributed by atoms with Gasteiger partial charge in [0.2, 0.25) is 0 Å². The fourth-order valence-electron chi connectivity index (χ4n) is 6.83. The second kappa shape index (κ2) is 9.53. The van der Waals surface area contributed by atoms with Crippen molar-refractivity contribution in [3.8, 4) is 5.75 Å². The van der Waals surface area contributed by atoms with Gasteiger partial charge in [0.25, 0.3) is 0 Å². The minimum Gasteiger partial charge on any atom is -0.490 e. The zero-order valence-electron chi connectivity index (χ0n) is 21.1. The van der Waals surface area contributed by atoms with Crippen LogP contribution in [0.1, 0.15) is 84.1 Å². The highest BCUT2D eigenvalue weighted by molar-refractivity contribution is 5.84. The van der Waals surface area contributed by atoms with Crippen molar-refractivity contribution in [2.24, 2.45) is 17.3 Å². The predicted octanol–water partition coefficient (Wildman–Crippen LogP) is 7.04. The Balaban J connectivity index is 1.23. The summed E-state index contributed by atoms with van der Waals surface area (Å²) >= 11 is 0. The summed E-state index contributed by atoms with van der Waals surface area (Å²) in [5.41, 5.74) is 1.73. The quantitative estimate of drug-likeness (QED) is 0.516. The topological polar surface area (TPSA) is 49.8 Å². The summed E-state index contributed by atoms with van der Waals surface area (Å²) in [6, 6.07) is 14.1. The van der Waals surface area contributed by atoms with Crippen LogP contribution in [0.15, 0.2) is 36.4 Å². The molecular weight excluding hydrogens is 422 g/mol. The third kappa shape index (κ3) is 5.12. The Kier molecular flexibility index (Phi) is 6.63. The highest BCUT2D eigenvalue weighted by Gasteiger charge is 2.40. The first-order valence-corrected chi connectivity index (χ1v) is 13.4. The summed E-state index contributed by atoms with van der Waals surface area (Å²) < 4.78 is 6.40. The van der Waals surface area contributed by atoms with E-state index in [1.807, 2.05) is 0 Å². The van der Waals surface area contributed by atoms with E-state index in [0.29, 0.717) is 23.6 Å². The van der Waals surface area contributed by atoms with E-state index in [1.165, 1.54) is 35.6 Å². The van der Waals surface area contributed by atoms with Gasteiger partial charge in [-0.1, -0.05) is 45.4 Å². The third-order valence-electron chi connectivity index (χ3n) is 8.92. The second-order valence-electron chi connectivity index (χ2n) is 12.2. The van der Waals surface area contributed by atoms with Crippen LogP contribution in [0.25, 0.3) is 10.8 Å². The van der Waals surface area contributed by atoms with E-state index in [1.54, 1.807) is 0 Å². The van der Waals surface area contributed by atoms with Crippen molar-refractivity contribution >= 4 is 16.7 Å². The van der Waals surface area contributed by atoms with Crippen LogP contribution in [0.5, 0.6) is 5.75 Å². The number of nitrogens with zero attached hydrogens (tertiary/aromatic N) is 1. The first kappa shape index (κ1) is 23.7. The van der Waals surface area contributed by atoms with Crippen LogP contribution >= 0.6 is 0 Å². The molecule has 184 valence electrons. The van der Waals surface area contributed by atoms with Gasteiger partial charge in [-0.25, -0.2) is 0 Å². The molecule has 3 aliphatic rings. The number of hydrogen-bond donors (Lipinski definition) is 1. The maximum Gasteiger partial charge on any atom is 0.306 e. The summed E-state index contributed by atoms with van der Waals surface area (Å²) in [6.45, 7) is 8.01. The van der Waals surface area contributed by atoms with Gasteiger partial charge < -0.3 is 9.84 Å². The number of benzene rings is 2. The van der Waals surface area contributed by atoms with Gasteiger partial charge in [0.05, 0.1) is 12.0 Å². The van der Waals surface area contributed by atoms with Gasteiger partial charge in [0.15, 0.2) is 0 Å². The SMILES string of the molecule is CC(C)(C)C1CCC(Oc2ccc3cc(CN4C5CCCC4CC(C(=O)O)C5)ccc3c2)CC1. The molecular formula is C30H41NO3. The van der Waals surface area contributed by atoms with Gasteiger partial charge in [-0.3, -0.25) is 9.69 Å². The molecule has 3 fully saturated rings. The Morgan fingerprint density at radius 2 is 1.59 bits per heavy atom. The van der Waals surface area contributed by atoms with Crippen LogP contribution in [0.4, 0.5) is 0 Å². The Bertz CT molecular complexity index is 1000. The summed E-state index contributed by atoms with van der Waals surface area (Å²) in [6.07, 6.45) is 10.3. The van der Waals surface area contributed by atoms with E-state index in [4.69, 9.17) is 4.74 Å². The van der Waals surface area contributed by atoms with Crippen molar-refractivity contribution in [3.63, 3.8) is 0 Å². The number of carboxylic acids is 1. The van der Waals surface area contributed by atoms with E-state index < -0.39 is 5.97 Å². The Labute approximate surface area is 204 Å². The van der Waals surface area contributed by atoms with Crippen LogP contribution in [0, 0.1) is 17.3 Å². The molecule has 1 aliphatic carbocycles. The van der Waals surface area contributed by atoms with Crippen LogP contribution < -0.4 is 4.74 Å². The summed E-state index contributed by atoms with van der Waals surface area (Å²) in [5, 5.41) is 12.0. The summed E-state index contributed by atoms with van der Waals surface area (Å²) in [5.74, 6) is 1.02. The lowest BCUT2D eigenvalue weighted by atomic mass is 9.72. The highest BCUT2D eigenvalue weighted by Crippen LogP contribution is 2.40. The minimum absolute atomic E-state index is 0.162. The molecule has 2 unspecified atom stereocenters. The van der Waals surface area contributed by atoms with Crippen molar-refractivity contribution in [2.75, 3.05) is 0 Å². The lowest BCUT2D eigenvalue weighted by Gasteiger charge is -2.48. The highest BCUT2D eigenvalue weighted by atomic mass is 16.5. The summed E-state index contributed by atoms with van der Waals surface area (Å²) in [7, 11) is 0. The fraction of sp³-hybridized carbons (Fsp3) is 0.633. The van der Waals surface area contributed by atoms with E-state index >= 15 is 0 Å². The average molecular weight is 464 g/mol. The number of carbonyl (C=O) groups is 1. The Morgan fingerprint density at radius 1 is 0.941 bits per heavy atom. The van der Waals surface area contributed by atoms with Crippen molar-refractivity contribution in [2.45, 2.75) is 103 Å². The lowest BCUT2D eigenvalue weighted by Crippen LogP contribution is -2.52. The Morgan fingerprint density at radius 3 is 2.24 bits per heavy atom. The Hall–Kier alpha value is -2.07. The molecule has 0 amide bonds. The number of aliphatic carboxylic acids is 1. The van der Waals surface area contributed by atoms with Crippen molar-refractivity contribution < 1.29 is 14.6 Å². The van der Waals surface area contributed by atoms with Crippen molar-refractivity contribution in [3.05, 3.63) is 42.0 Å². The van der Waals surface area contributed by atoms with E-state index in [0.717, 1.165) is 56.7 Å². The van der Waals surface area contributed by atoms with Gasteiger partial charge >= 0.3 is 5.97 Å². The van der Waals surface area contributed by atoms with Crippen LogP contribution in [0.2, 0.25) is 0 Å². The number of piperidine rings is 2. The normalized spacial score (nSPS) is 30.3. The smallest absolute Gasteiger partial charge is 0.306 e. The molecule has 4 heteroatoms. The van der Waals surface area contributed by atoms with Crippen LogP contribution in [0.3, 0.4) is 0 Å². The average Bonchev–Trinajstić information content (AvgIpc) is 2.78. The second-order valence-corrected chi connectivity index (χ2v) is 12.2. The predicted molar refractivity (Wildman–Crippen MR) is 137 cm³/mol. The molecule has 2 heterocycles. The molecule has 34 heavy (non-hydrogen) atoms. The third-order valence-corrected chi connectivity index (χ3v) is 8.92. The van der Waals surface area contributed by atoms with Crippen LogP contribution in [-0.4, -0.2) is 34.2 Å². The van der Waals surface area contributed by atoms with Gasteiger partial charge in [0.1, 0.15) is 5.75 Å². The zero-order chi connectivity index (χ0) is 23.9. The van der Waals surface area contributed by atoms with Gasteiger partial charge in [-0.15, -0.1) is 0 Å². The van der Waals surface area contributed by atoms with Gasteiger partial charge in [-0.05, 0) is 97.2 Å². The first-order valence-electron chi connectivity index (χ1n) is 13.4. The lowest BCUT2D eigenvalue weighted by molar-refractivity contribution is -0.146. The molecule has 2 aromatic carbocycles. The number of carboxylic acid groups (broad SMARTS) is 1. The zero-order valence-corrected chi connectivity index (χ0v) is 21.1. The summed E-state index contributed by atoms with van der Waals surface area (Å²) in [4.78, 5) is 14.2. The van der Waals surface area contributed by atoms with Crippen molar-refractivity contribution in [1.82, 2.24) is 4.90 Å². The first-order chi connectivity index (χ1) is 16.3. The molecule has 2 bridgehead atoms.